The molecule has 0 unspecified atom stereocenters. The third-order valence-electron chi connectivity index (χ3n) is 3.84. The molecule has 0 atom stereocenters. The smallest absolute Gasteiger partial charge is 0.337 e. The van der Waals surface area contributed by atoms with Gasteiger partial charge in [0.25, 0.3) is 0 Å². The van der Waals surface area contributed by atoms with Crippen LogP contribution in [0, 0.1) is 0 Å². The largest absolute Gasteiger partial charge is 0.471 e. The highest BCUT2D eigenvalue weighted by Crippen LogP contribution is 2.40. The molecule has 1 aliphatic rings. The van der Waals surface area contributed by atoms with Gasteiger partial charge < -0.3 is 5.32 Å². The van der Waals surface area contributed by atoms with E-state index in [1.165, 1.54) is 29.9 Å². The summed E-state index contributed by atoms with van der Waals surface area (Å²) in [6.45, 7) is 0. The van der Waals surface area contributed by atoms with Crippen molar-refractivity contribution < 1.29 is 18.0 Å². The fourth-order valence-electron chi connectivity index (χ4n) is 2.73. The van der Waals surface area contributed by atoms with Crippen molar-refractivity contribution in [2.75, 3.05) is 0 Å². The zero-order valence-corrected chi connectivity index (χ0v) is 12.7. The van der Waals surface area contributed by atoms with Crippen LogP contribution in [0.4, 0.5) is 13.2 Å². The van der Waals surface area contributed by atoms with E-state index in [1.807, 2.05) is 0 Å². The van der Waals surface area contributed by atoms with Crippen LogP contribution < -0.4 is 5.32 Å². The Morgan fingerprint density at radius 2 is 2.00 bits per heavy atom. The van der Waals surface area contributed by atoms with Gasteiger partial charge in [0.05, 0.1) is 17.4 Å². The van der Waals surface area contributed by atoms with Crippen molar-refractivity contribution in [1.82, 2.24) is 20.3 Å². The number of alkyl halides is 3. The minimum absolute atomic E-state index is 0.443. The Hall–Kier alpha value is -2.03. The molecule has 5 nitrogen and oxygen atoms in total. The Labute approximate surface area is 134 Å². The summed E-state index contributed by atoms with van der Waals surface area (Å²) < 4.78 is 37.8. The summed E-state index contributed by atoms with van der Waals surface area (Å²) in [7, 11) is 0. The van der Waals surface area contributed by atoms with Gasteiger partial charge in [-0.1, -0.05) is 12.8 Å². The number of rotatable bonds is 3. The van der Waals surface area contributed by atoms with Crippen LogP contribution >= 0.6 is 11.3 Å². The van der Waals surface area contributed by atoms with Crippen LogP contribution in [0.1, 0.15) is 31.4 Å². The summed E-state index contributed by atoms with van der Waals surface area (Å²) in [6, 6.07) is 0. The first kappa shape index (κ1) is 15.9. The number of carbonyl (C=O) groups excluding carboxylic acids is 1. The summed E-state index contributed by atoms with van der Waals surface area (Å²) in [5.74, 6) is -1.92. The third-order valence-corrected chi connectivity index (χ3v) is 4.71. The average molecular weight is 342 g/mol. The van der Waals surface area contributed by atoms with E-state index in [9.17, 15) is 18.0 Å². The van der Waals surface area contributed by atoms with Gasteiger partial charge in [0, 0.05) is 17.8 Å². The third kappa shape index (κ3) is 3.19. The Morgan fingerprint density at radius 1 is 1.26 bits per heavy atom. The molecule has 3 rings (SSSR count). The molecule has 0 aliphatic heterocycles. The van der Waals surface area contributed by atoms with Crippen molar-refractivity contribution in [2.45, 2.75) is 37.4 Å². The number of carbonyl (C=O) groups is 1. The van der Waals surface area contributed by atoms with E-state index in [1.54, 1.807) is 5.38 Å². The maximum atomic E-state index is 12.6. The molecule has 1 amide bonds. The first-order valence-electron chi connectivity index (χ1n) is 7.02. The van der Waals surface area contributed by atoms with Gasteiger partial charge in [-0.15, -0.1) is 11.3 Å². The van der Waals surface area contributed by atoms with E-state index in [4.69, 9.17) is 0 Å². The minimum atomic E-state index is -4.90. The average Bonchev–Trinajstić information content (AvgIpc) is 3.17. The van der Waals surface area contributed by atoms with Crippen molar-refractivity contribution >= 4 is 17.2 Å². The second-order valence-corrected chi connectivity index (χ2v) is 6.23. The molecule has 9 heteroatoms. The lowest BCUT2D eigenvalue weighted by Crippen LogP contribution is -2.49. The highest BCUT2D eigenvalue weighted by atomic mass is 32.1. The molecule has 1 saturated carbocycles. The maximum absolute atomic E-state index is 12.6. The Balaban J connectivity index is 1.90. The summed E-state index contributed by atoms with van der Waals surface area (Å²) in [5.41, 5.74) is -0.0406. The number of hydrogen-bond acceptors (Lipinski definition) is 5. The standard InChI is InChI=1S/C14H13F3N4OS/c15-14(16,17)12(22)21-13(3-1-2-4-13)10-8-23-11(20-10)9-7-18-5-6-19-9/h5-8H,1-4H2,(H,21,22). The Morgan fingerprint density at radius 3 is 2.61 bits per heavy atom. The molecule has 2 aromatic rings. The number of thiazole rings is 1. The van der Waals surface area contributed by atoms with Crippen LogP contribution in [0.25, 0.3) is 10.7 Å². The normalized spacial score (nSPS) is 17.2. The lowest BCUT2D eigenvalue weighted by Gasteiger charge is -2.29. The van der Waals surface area contributed by atoms with Crippen LogP contribution in [0.3, 0.4) is 0 Å². The van der Waals surface area contributed by atoms with E-state index >= 15 is 0 Å². The van der Waals surface area contributed by atoms with Crippen molar-refractivity contribution in [3.63, 3.8) is 0 Å². The number of hydrogen-bond donors (Lipinski definition) is 1. The topological polar surface area (TPSA) is 67.8 Å². The second-order valence-electron chi connectivity index (χ2n) is 5.37. The first-order valence-corrected chi connectivity index (χ1v) is 7.90. The molecule has 1 N–H and O–H groups in total. The molecule has 2 heterocycles. The quantitative estimate of drug-likeness (QED) is 0.931. The molecular weight excluding hydrogens is 329 g/mol. The summed E-state index contributed by atoms with van der Waals surface area (Å²) in [4.78, 5) is 23.9. The van der Waals surface area contributed by atoms with E-state index < -0.39 is 17.6 Å². The van der Waals surface area contributed by atoms with Crippen LogP contribution in [0.2, 0.25) is 0 Å². The Kier molecular flexibility index (Phi) is 4.05. The van der Waals surface area contributed by atoms with E-state index in [2.05, 4.69) is 20.3 Å². The van der Waals surface area contributed by atoms with Gasteiger partial charge in [0.15, 0.2) is 0 Å². The van der Waals surface area contributed by atoms with Crippen molar-refractivity contribution in [3.05, 3.63) is 29.7 Å². The minimum Gasteiger partial charge on any atom is -0.337 e. The molecule has 0 aromatic carbocycles. The lowest BCUT2D eigenvalue weighted by atomic mass is 9.94. The molecule has 0 saturated heterocycles. The van der Waals surface area contributed by atoms with E-state index in [-0.39, 0.29) is 0 Å². The number of halogens is 3. The van der Waals surface area contributed by atoms with Gasteiger partial charge in [-0.25, -0.2) is 4.98 Å². The van der Waals surface area contributed by atoms with Gasteiger partial charge in [-0.3, -0.25) is 14.8 Å². The molecule has 2 aromatic heterocycles. The molecule has 122 valence electrons. The zero-order valence-electron chi connectivity index (χ0n) is 11.9. The van der Waals surface area contributed by atoms with Crippen molar-refractivity contribution in [2.24, 2.45) is 0 Å². The van der Waals surface area contributed by atoms with Gasteiger partial charge >= 0.3 is 12.1 Å². The summed E-state index contributed by atoms with van der Waals surface area (Å²) in [5, 5.41) is 4.41. The van der Waals surface area contributed by atoms with Crippen LogP contribution in [-0.4, -0.2) is 27.0 Å². The SMILES string of the molecule is O=C(NC1(c2csc(-c3cnccn3)n2)CCCC1)C(F)(F)F. The predicted octanol–water partition coefficient (Wildman–Crippen LogP) is 3.05. The number of nitrogens with zero attached hydrogens (tertiary/aromatic N) is 3. The van der Waals surface area contributed by atoms with Crippen LogP contribution in [-0.2, 0) is 10.3 Å². The molecule has 0 bridgehead atoms. The highest BCUT2D eigenvalue weighted by Gasteiger charge is 2.46. The van der Waals surface area contributed by atoms with Gasteiger partial charge in [-0.2, -0.15) is 13.2 Å². The fraction of sp³-hybridized carbons (Fsp3) is 0.429. The summed E-state index contributed by atoms with van der Waals surface area (Å²) in [6.07, 6.45) is 2.06. The first-order chi connectivity index (χ1) is 10.9. The molecule has 0 spiro atoms. The molecular formula is C14H13F3N4OS. The summed E-state index contributed by atoms with van der Waals surface area (Å²) >= 11 is 1.28. The molecule has 1 fully saturated rings. The highest BCUT2D eigenvalue weighted by molar-refractivity contribution is 7.13. The number of amides is 1. The number of nitrogens with one attached hydrogen (secondary N) is 1. The monoisotopic (exact) mass is 342 g/mol. The van der Waals surface area contributed by atoms with E-state index in [0.717, 1.165) is 12.8 Å². The van der Waals surface area contributed by atoms with Crippen molar-refractivity contribution in [3.8, 4) is 10.7 Å². The van der Waals surface area contributed by atoms with Gasteiger partial charge in [-0.05, 0) is 12.8 Å². The second kappa shape index (κ2) is 5.88. The zero-order chi connectivity index (χ0) is 16.5. The molecule has 23 heavy (non-hydrogen) atoms. The maximum Gasteiger partial charge on any atom is 0.471 e. The fourth-order valence-corrected chi connectivity index (χ4v) is 3.61. The van der Waals surface area contributed by atoms with Crippen LogP contribution in [0.15, 0.2) is 24.0 Å². The van der Waals surface area contributed by atoms with Crippen LogP contribution in [0.5, 0.6) is 0 Å². The number of aromatic nitrogens is 3. The molecule has 1 aliphatic carbocycles. The predicted molar refractivity (Wildman–Crippen MR) is 77.5 cm³/mol. The van der Waals surface area contributed by atoms with Gasteiger partial charge in [0.1, 0.15) is 10.7 Å². The Bertz CT molecular complexity index is 696. The van der Waals surface area contributed by atoms with Gasteiger partial charge in [0.2, 0.25) is 0 Å². The lowest BCUT2D eigenvalue weighted by molar-refractivity contribution is -0.176. The van der Waals surface area contributed by atoms with E-state index in [0.29, 0.717) is 29.2 Å². The van der Waals surface area contributed by atoms with Crippen molar-refractivity contribution in [1.29, 1.82) is 0 Å². The molecule has 0 radical (unpaired) electrons.